The van der Waals surface area contributed by atoms with Crippen LogP contribution in [0.25, 0.3) is 0 Å². The van der Waals surface area contributed by atoms with Gasteiger partial charge in [0.25, 0.3) is 0 Å². The molecule has 0 aliphatic rings. The zero-order chi connectivity index (χ0) is 13.8. The van der Waals surface area contributed by atoms with Gasteiger partial charge in [-0.3, -0.25) is 0 Å². The Balaban J connectivity index is 2.49. The van der Waals surface area contributed by atoms with Crippen LogP contribution in [0.5, 0.6) is 0 Å². The van der Waals surface area contributed by atoms with Crippen molar-refractivity contribution in [3.63, 3.8) is 0 Å². The van der Waals surface area contributed by atoms with Crippen molar-refractivity contribution >= 4 is 17.7 Å². The van der Waals surface area contributed by atoms with Crippen molar-refractivity contribution in [1.29, 1.82) is 0 Å². The molecule has 0 aliphatic heterocycles. The molecule has 2 N–H and O–H groups in total. The van der Waals surface area contributed by atoms with Crippen LogP contribution in [0, 0.1) is 0 Å². The van der Waals surface area contributed by atoms with Crippen LogP contribution < -0.4 is 10.2 Å². The lowest BCUT2D eigenvalue weighted by molar-refractivity contribution is 0.0844. The molecule has 0 saturated carbocycles. The third-order valence-electron chi connectivity index (χ3n) is 2.73. The first kappa shape index (κ1) is 15.3. The zero-order valence-electron chi connectivity index (χ0n) is 11.9. The van der Waals surface area contributed by atoms with Crippen molar-refractivity contribution in [3.8, 4) is 0 Å². The molecule has 0 radical (unpaired) electrons. The summed E-state index contributed by atoms with van der Waals surface area (Å²) >= 11 is 1.65. The molecule has 0 amide bonds. The second kappa shape index (κ2) is 6.45. The van der Waals surface area contributed by atoms with Gasteiger partial charge in [0.15, 0.2) is 0 Å². The van der Waals surface area contributed by atoms with Gasteiger partial charge in [-0.25, -0.2) is 4.98 Å². The highest BCUT2D eigenvalue weighted by atomic mass is 32.2. The largest absolute Gasteiger partial charge is 0.388 e. The minimum Gasteiger partial charge on any atom is -0.388 e. The van der Waals surface area contributed by atoms with E-state index < -0.39 is 5.60 Å². The van der Waals surface area contributed by atoms with Crippen molar-refractivity contribution in [1.82, 2.24) is 14.9 Å². The predicted octanol–water partition coefficient (Wildman–Crippen LogP) is 0.690. The van der Waals surface area contributed by atoms with Gasteiger partial charge < -0.3 is 19.9 Å². The molecular formula is C12H24N4OS. The normalized spacial score (nSPS) is 14.6. The topological polar surface area (TPSA) is 53.3 Å². The molecule has 0 bridgehead atoms. The van der Waals surface area contributed by atoms with Crippen LogP contribution in [-0.2, 0) is 13.6 Å². The fourth-order valence-electron chi connectivity index (χ4n) is 1.84. The Morgan fingerprint density at radius 1 is 1.56 bits per heavy atom. The summed E-state index contributed by atoms with van der Waals surface area (Å²) in [5, 5.41) is 13.3. The van der Waals surface area contributed by atoms with Crippen LogP contribution in [-0.4, -0.2) is 52.9 Å². The van der Waals surface area contributed by atoms with Gasteiger partial charge in [-0.2, -0.15) is 11.8 Å². The number of nitrogens with zero attached hydrogens (tertiary/aromatic N) is 3. The minimum atomic E-state index is -0.664. The van der Waals surface area contributed by atoms with Crippen LogP contribution in [0.2, 0.25) is 0 Å². The second-order valence-corrected chi connectivity index (χ2v) is 5.90. The van der Waals surface area contributed by atoms with Crippen LogP contribution in [0.1, 0.15) is 12.6 Å². The van der Waals surface area contributed by atoms with Gasteiger partial charge in [-0.15, -0.1) is 0 Å². The van der Waals surface area contributed by atoms with Crippen LogP contribution in [0.3, 0.4) is 0 Å². The van der Waals surface area contributed by atoms with E-state index in [4.69, 9.17) is 0 Å². The lowest BCUT2D eigenvalue weighted by atomic mass is 10.1. The van der Waals surface area contributed by atoms with Crippen LogP contribution in [0.15, 0.2) is 6.20 Å². The third-order valence-corrected chi connectivity index (χ3v) is 3.64. The van der Waals surface area contributed by atoms with Crippen molar-refractivity contribution < 1.29 is 5.11 Å². The Kier molecular flexibility index (Phi) is 5.49. The van der Waals surface area contributed by atoms with Crippen molar-refractivity contribution in [2.45, 2.75) is 19.1 Å². The monoisotopic (exact) mass is 272 g/mol. The smallest absolute Gasteiger partial charge is 0.204 e. The van der Waals surface area contributed by atoms with Gasteiger partial charge in [-0.05, 0) is 13.2 Å². The second-order valence-electron chi connectivity index (χ2n) is 5.04. The molecule has 1 aromatic rings. The fraction of sp³-hybridized carbons (Fsp3) is 0.750. The lowest BCUT2D eigenvalue weighted by Gasteiger charge is -2.22. The number of aromatic nitrogens is 2. The molecular weight excluding hydrogens is 248 g/mol. The van der Waals surface area contributed by atoms with E-state index in [1.54, 1.807) is 11.8 Å². The highest BCUT2D eigenvalue weighted by molar-refractivity contribution is 7.98. The number of rotatable bonds is 7. The highest BCUT2D eigenvalue weighted by Crippen LogP contribution is 2.12. The quantitative estimate of drug-likeness (QED) is 0.765. The Hall–Kier alpha value is -0.720. The third kappa shape index (κ3) is 4.19. The molecule has 5 nitrogen and oxygen atoms in total. The van der Waals surface area contributed by atoms with E-state index in [1.807, 2.05) is 45.4 Å². The van der Waals surface area contributed by atoms with E-state index in [9.17, 15) is 5.11 Å². The van der Waals surface area contributed by atoms with E-state index in [1.165, 1.54) is 0 Å². The zero-order valence-corrected chi connectivity index (χ0v) is 12.7. The van der Waals surface area contributed by atoms with Gasteiger partial charge in [0.05, 0.1) is 17.5 Å². The molecule has 0 saturated heterocycles. The maximum Gasteiger partial charge on any atom is 0.204 e. The van der Waals surface area contributed by atoms with Crippen LogP contribution in [0.4, 0.5) is 5.95 Å². The average Bonchev–Trinajstić information content (AvgIpc) is 2.60. The van der Waals surface area contributed by atoms with Gasteiger partial charge >= 0.3 is 0 Å². The Morgan fingerprint density at radius 3 is 2.72 bits per heavy atom. The number of imidazole rings is 1. The van der Waals surface area contributed by atoms with Crippen molar-refractivity contribution in [3.05, 3.63) is 11.9 Å². The molecule has 6 heteroatoms. The number of thioether (sulfide) groups is 1. The molecule has 104 valence electrons. The molecule has 1 unspecified atom stereocenters. The Bertz CT molecular complexity index is 376. The van der Waals surface area contributed by atoms with E-state index in [2.05, 4.69) is 14.9 Å². The van der Waals surface area contributed by atoms with Gasteiger partial charge in [0.1, 0.15) is 0 Å². The number of hydrogen-bond acceptors (Lipinski definition) is 5. The lowest BCUT2D eigenvalue weighted by Crippen LogP contribution is -2.39. The molecule has 0 fully saturated rings. The maximum absolute atomic E-state index is 10.0. The number of aliphatic hydroxyl groups is 1. The summed E-state index contributed by atoms with van der Waals surface area (Å²) in [5.41, 5.74) is 0.446. The maximum atomic E-state index is 10.0. The first-order valence-electron chi connectivity index (χ1n) is 5.97. The molecule has 1 atom stereocenters. The molecule has 1 heterocycles. The number of anilines is 1. The van der Waals surface area contributed by atoms with Crippen molar-refractivity contribution in [2.75, 3.05) is 37.5 Å². The standard InChI is InChI=1S/C12H24N4OS/c1-12(17,9-18-5)8-13-6-10-7-14-11(15(2)3)16(10)4/h7,13,17H,6,8-9H2,1-5H3. The minimum absolute atomic E-state index is 0.580. The van der Waals surface area contributed by atoms with E-state index in [-0.39, 0.29) is 0 Å². The first-order chi connectivity index (χ1) is 8.37. The molecule has 1 aromatic heterocycles. The molecule has 0 spiro atoms. The van der Waals surface area contributed by atoms with Gasteiger partial charge in [0, 0.05) is 40.0 Å². The molecule has 1 rings (SSSR count). The Morgan fingerprint density at radius 2 is 2.22 bits per heavy atom. The van der Waals surface area contributed by atoms with E-state index >= 15 is 0 Å². The van der Waals surface area contributed by atoms with Gasteiger partial charge in [0.2, 0.25) is 5.95 Å². The summed E-state index contributed by atoms with van der Waals surface area (Å²) in [6, 6.07) is 0. The molecule has 0 aromatic carbocycles. The highest BCUT2D eigenvalue weighted by Gasteiger charge is 2.19. The van der Waals surface area contributed by atoms with Crippen molar-refractivity contribution in [2.24, 2.45) is 7.05 Å². The van der Waals surface area contributed by atoms with Gasteiger partial charge in [-0.1, -0.05) is 0 Å². The summed E-state index contributed by atoms with van der Waals surface area (Å²) in [4.78, 5) is 6.33. The average molecular weight is 272 g/mol. The summed E-state index contributed by atoms with van der Waals surface area (Å²) in [6.07, 6.45) is 3.87. The van der Waals surface area contributed by atoms with Crippen LogP contribution >= 0.6 is 11.8 Å². The summed E-state index contributed by atoms with van der Waals surface area (Å²) in [7, 11) is 5.95. The van der Waals surface area contributed by atoms with E-state index in [0.29, 0.717) is 13.1 Å². The SMILES string of the molecule is CSCC(C)(O)CNCc1cnc(N(C)C)n1C. The van der Waals surface area contributed by atoms with E-state index in [0.717, 1.165) is 17.4 Å². The molecule has 18 heavy (non-hydrogen) atoms. The molecule has 0 aliphatic carbocycles. The summed E-state index contributed by atoms with van der Waals surface area (Å²) in [6.45, 7) is 3.14. The predicted molar refractivity (Wildman–Crippen MR) is 78.2 cm³/mol. The fourth-order valence-corrected chi connectivity index (χ4v) is 2.56. The summed E-state index contributed by atoms with van der Waals surface area (Å²) in [5.74, 6) is 1.66. The summed E-state index contributed by atoms with van der Waals surface area (Å²) < 4.78 is 2.05. The number of nitrogens with one attached hydrogen (secondary N) is 1. The first-order valence-corrected chi connectivity index (χ1v) is 7.37. The Labute approximate surface area is 114 Å². The number of hydrogen-bond donors (Lipinski definition) is 2.